The molecule has 0 amide bonds. The molecule has 2 rings (SSSR count). The maximum Gasteiger partial charge on any atom is 0.270 e. The molecule has 1 heterocycles. The molecule has 0 N–H and O–H groups in total. The molecule has 0 bridgehead atoms. The number of hydrogen-bond acceptors (Lipinski definition) is 3. The van der Waals surface area contributed by atoms with Gasteiger partial charge in [-0.2, -0.15) is 0 Å². The van der Waals surface area contributed by atoms with E-state index in [1.165, 1.54) is 18.3 Å². The standard InChI is InChI=1S/C12H9ClN2O2/c1-8-2-4-10(15(16)17)6-11(8)12-5-3-9(13)7-14-12/h2-7H,1H3. The lowest BCUT2D eigenvalue weighted by atomic mass is 10.0. The highest BCUT2D eigenvalue weighted by molar-refractivity contribution is 6.30. The summed E-state index contributed by atoms with van der Waals surface area (Å²) in [4.78, 5) is 14.5. The van der Waals surface area contributed by atoms with Gasteiger partial charge in [-0.1, -0.05) is 17.7 Å². The van der Waals surface area contributed by atoms with E-state index in [4.69, 9.17) is 11.6 Å². The van der Waals surface area contributed by atoms with Crippen molar-refractivity contribution in [3.63, 3.8) is 0 Å². The summed E-state index contributed by atoms with van der Waals surface area (Å²) < 4.78 is 0. The Morgan fingerprint density at radius 2 is 2.06 bits per heavy atom. The maximum atomic E-state index is 10.7. The van der Waals surface area contributed by atoms with E-state index in [0.717, 1.165) is 11.1 Å². The third kappa shape index (κ3) is 2.42. The van der Waals surface area contributed by atoms with Crippen LogP contribution < -0.4 is 0 Å². The summed E-state index contributed by atoms with van der Waals surface area (Å²) in [6.07, 6.45) is 1.52. The van der Waals surface area contributed by atoms with Gasteiger partial charge < -0.3 is 0 Å². The fourth-order valence-electron chi connectivity index (χ4n) is 1.53. The van der Waals surface area contributed by atoms with Crippen molar-refractivity contribution in [1.29, 1.82) is 0 Å². The highest BCUT2D eigenvalue weighted by Crippen LogP contribution is 2.26. The van der Waals surface area contributed by atoms with Gasteiger partial charge in [-0.3, -0.25) is 15.1 Å². The van der Waals surface area contributed by atoms with E-state index in [2.05, 4.69) is 4.98 Å². The fraction of sp³-hybridized carbons (Fsp3) is 0.0833. The third-order valence-corrected chi connectivity index (χ3v) is 2.66. The van der Waals surface area contributed by atoms with Crippen molar-refractivity contribution < 1.29 is 4.92 Å². The van der Waals surface area contributed by atoms with Crippen LogP contribution in [0.25, 0.3) is 11.3 Å². The third-order valence-electron chi connectivity index (χ3n) is 2.44. The highest BCUT2D eigenvalue weighted by atomic mass is 35.5. The van der Waals surface area contributed by atoms with Gasteiger partial charge in [0.2, 0.25) is 0 Å². The first kappa shape index (κ1) is 11.5. The molecule has 0 fully saturated rings. The molecule has 0 aliphatic carbocycles. The van der Waals surface area contributed by atoms with E-state index in [0.29, 0.717) is 10.7 Å². The number of pyridine rings is 1. The van der Waals surface area contributed by atoms with Crippen LogP contribution in [0.5, 0.6) is 0 Å². The van der Waals surface area contributed by atoms with Crippen LogP contribution in [0.2, 0.25) is 5.02 Å². The molecule has 0 atom stereocenters. The zero-order valence-corrected chi connectivity index (χ0v) is 9.81. The van der Waals surface area contributed by atoms with Crippen molar-refractivity contribution in [2.24, 2.45) is 0 Å². The number of rotatable bonds is 2. The molecule has 0 spiro atoms. The van der Waals surface area contributed by atoms with E-state index >= 15 is 0 Å². The summed E-state index contributed by atoms with van der Waals surface area (Å²) in [5.74, 6) is 0. The lowest BCUT2D eigenvalue weighted by Gasteiger charge is -2.04. The van der Waals surface area contributed by atoms with Crippen molar-refractivity contribution in [3.05, 3.63) is 57.2 Å². The topological polar surface area (TPSA) is 56.0 Å². The molecule has 1 aromatic heterocycles. The minimum Gasteiger partial charge on any atom is -0.258 e. The Morgan fingerprint density at radius 1 is 1.29 bits per heavy atom. The molecular weight excluding hydrogens is 240 g/mol. The quantitative estimate of drug-likeness (QED) is 0.602. The predicted molar refractivity (Wildman–Crippen MR) is 66.1 cm³/mol. The second-order valence-electron chi connectivity index (χ2n) is 3.62. The van der Waals surface area contributed by atoms with Gasteiger partial charge in [0.1, 0.15) is 0 Å². The average Bonchev–Trinajstić information content (AvgIpc) is 2.31. The number of hydrogen-bond donors (Lipinski definition) is 0. The Kier molecular flexibility index (Phi) is 3.06. The van der Waals surface area contributed by atoms with Crippen molar-refractivity contribution in [2.75, 3.05) is 0 Å². The number of nitrogens with zero attached hydrogens (tertiary/aromatic N) is 2. The molecule has 5 heteroatoms. The molecule has 86 valence electrons. The van der Waals surface area contributed by atoms with Gasteiger partial charge in [0, 0.05) is 23.9 Å². The Balaban J connectivity index is 2.54. The molecule has 17 heavy (non-hydrogen) atoms. The second-order valence-corrected chi connectivity index (χ2v) is 4.05. The summed E-state index contributed by atoms with van der Waals surface area (Å²) in [5.41, 5.74) is 2.42. The zero-order chi connectivity index (χ0) is 12.4. The lowest BCUT2D eigenvalue weighted by Crippen LogP contribution is -1.92. The first-order valence-electron chi connectivity index (χ1n) is 4.95. The van der Waals surface area contributed by atoms with Gasteiger partial charge in [0.05, 0.1) is 15.6 Å². The number of aryl methyl sites for hydroxylation is 1. The molecular formula is C12H9ClN2O2. The van der Waals surface area contributed by atoms with Crippen LogP contribution in [0.3, 0.4) is 0 Å². The number of nitro groups is 1. The van der Waals surface area contributed by atoms with Crippen LogP contribution in [-0.4, -0.2) is 9.91 Å². The highest BCUT2D eigenvalue weighted by Gasteiger charge is 2.10. The smallest absolute Gasteiger partial charge is 0.258 e. The normalized spacial score (nSPS) is 10.2. The zero-order valence-electron chi connectivity index (χ0n) is 9.05. The number of aromatic nitrogens is 1. The van der Waals surface area contributed by atoms with Gasteiger partial charge in [0.15, 0.2) is 0 Å². The molecule has 0 aliphatic heterocycles. The Morgan fingerprint density at radius 3 is 2.65 bits per heavy atom. The summed E-state index contributed by atoms with van der Waals surface area (Å²) in [5, 5.41) is 11.3. The molecule has 0 saturated carbocycles. The van der Waals surface area contributed by atoms with Crippen LogP contribution in [0.1, 0.15) is 5.56 Å². The van der Waals surface area contributed by atoms with Crippen molar-refractivity contribution >= 4 is 17.3 Å². The van der Waals surface area contributed by atoms with Gasteiger partial charge in [-0.25, -0.2) is 0 Å². The minimum absolute atomic E-state index is 0.0577. The molecule has 0 aliphatic rings. The molecule has 2 aromatic rings. The van der Waals surface area contributed by atoms with Crippen LogP contribution >= 0.6 is 11.6 Å². The predicted octanol–water partition coefficient (Wildman–Crippen LogP) is 3.62. The summed E-state index contributed by atoms with van der Waals surface area (Å²) in [6, 6.07) is 8.17. The SMILES string of the molecule is Cc1ccc([N+](=O)[O-])cc1-c1ccc(Cl)cn1. The molecule has 0 radical (unpaired) electrons. The maximum absolute atomic E-state index is 10.7. The lowest BCUT2D eigenvalue weighted by molar-refractivity contribution is -0.384. The summed E-state index contributed by atoms with van der Waals surface area (Å²) >= 11 is 5.75. The monoisotopic (exact) mass is 248 g/mol. The van der Waals surface area contributed by atoms with Crippen molar-refractivity contribution in [3.8, 4) is 11.3 Å². The number of non-ortho nitro benzene ring substituents is 1. The summed E-state index contributed by atoms with van der Waals surface area (Å²) in [7, 11) is 0. The Labute approximate surface area is 103 Å². The van der Waals surface area contributed by atoms with Gasteiger partial charge >= 0.3 is 0 Å². The van der Waals surface area contributed by atoms with Crippen LogP contribution in [0.4, 0.5) is 5.69 Å². The molecule has 0 unspecified atom stereocenters. The number of halogens is 1. The molecule has 1 aromatic carbocycles. The van der Waals surface area contributed by atoms with E-state index < -0.39 is 4.92 Å². The molecule has 4 nitrogen and oxygen atoms in total. The van der Waals surface area contributed by atoms with Crippen molar-refractivity contribution in [1.82, 2.24) is 4.98 Å². The largest absolute Gasteiger partial charge is 0.270 e. The Hall–Kier alpha value is -1.94. The fourth-order valence-corrected chi connectivity index (χ4v) is 1.65. The van der Waals surface area contributed by atoms with Crippen molar-refractivity contribution in [2.45, 2.75) is 6.92 Å². The van der Waals surface area contributed by atoms with Crippen LogP contribution in [-0.2, 0) is 0 Å². The first-order valence-corrected chi connectivity index (χ1v) is 5.32. The minimum atomic E-state index is -0.418. The van der Waals surface area contributed by atoms with Gasteiger partial charge in [-0.15, -0.1) is 0 Å². The second kappa shape index (κ2) is 4.51. The number of nitro benzene ring substituents is 1. The summed E-state index contributed by atoms with van der Waals surface area (Å²) in [6.45, 7) is 1.88. The van der Waals surface area contributed by atoms with Gasteiger partial charge in [-0.05, 0) is 24.6 Å². The molecule has 0 saturated heterocycles. The number of benzene rings is 1. The Bertz CT molecular complexity index is 567. The average molecular weight is 249 g/mol. The van der Waals surface area contributed by atoms with E-state index in [9.17, 15) is 10.1 Å². The first-order chi connectivity index (χ1) is 8.08. The van der Waals surface area contributed by atoms with E-state index in [1.807, 2.05) is 6.92 Å². The van der Waals surface area contributed by atoms with E-state index in [-0.39, 0.29) is 5.69 Å². The van der Waals surface area contributed by atoms with Crippen LogP contribution in [0, 0.1) is 17.0 Å². The van der Waals surface area contributed by atoms with E-state index in [1.54, 1.807) is 18.2 Å². The van der Waals surface area contributed by atoms with Crippen LogP contribution in [0.15, 0.2) is 36.5 Å². The van der Waals surface area contributed by atoms with Gasteiger partial charge in [0.25, 0.3) is 5.69 Å².